The Morgan fingerprint density at radius 2 is 1.60 bits per heavy atom. The molecule has 40 heavy (non-hydrogen) atoms. The van der Waals surface area contributed by atoms with E-state index in [-0.39, 0.29) is 12.0 Å². The van der Waals surface area contributed by atoms with Crippen molar-refractivity contribution in [3.05, 3.63) is 35.9 Å². The van der Waals surface area contributed by atoms with Gasteiger partial charge in [0, 0.05) is 6.54 Å². The number of fused-ring (bicyclic) bond motifs is 3. The molecule has 3 saturated carbocycles. The van der Waals surface area contributed by atoms with Gasteiger partial charge in [0.15, 0.2) is 0 Å². The standard InChI is InChI=1S/C30H46N4O6/c1-29(2,3)40-28(38)34-24(19-30-15-12-21(13-16-30)14-17-30)26(36)33-23(25(31)35)11-7-8-18-32-27(37)39-20-22-9-5-4-6-10-22/h4-6,9-10,21,23-24H,7-8,11-20H2,1-3H3,(H2,31,35)(H,32,37)(H,33,36)(H,34,38)/t21?,23-,24-,30?/m0/s1. The molecule has 3 fully saturated rings. The second-order valence-corrected chi connectivity index (χ2v) is 12.3. The van der Waals surface area contributed by atoms with Crippen LogP contribution in [0.5, 0.6) is 0 Å². The molecule has 0 heterocycles. The van der Waals surface area contributed by atoms with Gasteiger partial charge < -0.3 is 31.2 Å². The van der Waals surface area contributed by atoms with Crippen LogP contribution in [0.2, 0.25) is 0 Å². The van der Waals surface area contributed by atoms with Crippen molar-refractivity contribution in [1.82, 2.24) is 16.0 Å². The summed E-state index contributed by atoms with van der Waals surface area (Å²) in [6.07, 6.45) is 7.33. The van der Waals surface area contributed by atoms with E-state index in [0.717, 1.165) is 50.0 Å². The third kappa shape index (κ3) is 10.4. The first-order valence-electron chi connectivity index (χ1n) is 14.5. The van der Waals surface area contributed by atoms with E-state index in [1.165, 1.54) is 0 Å². The van der Waals surface area contributed by atoms with Crippen molar-refractivity contribution in [3.63, 3.8) is 0 Å². The van der Waals surface area contributed by atoms with Crippen LogP contribution >= 0.6 is 0 Å². The van der Waals surface area contributed by atoms with E-state index in [9.17, 15) is 19.2 Å². The van der Waals surface area contributed by atoms with Gasteiger partial charge in [-0.25, -0.2) is 9.59 Å². The number of ether oxygens (including phenoxy) is 2. The van der Waals surface area contributed by atoms with Gasteiger partial charge in [0.1, 0.15) is 24.3 Å². The Labute approximate surface area is 237 Å². The molecule has 2 atom stereocenters. The fraction of sp³-hybridized carbons (Fsp3) is 0.667. The van der Waals surface area contributed by atoms with E-state index in [1.807, 2.05) is 30.3 Å². The molecule has 1 aromatic carbocycles. The number of amides is 4. The Hall–Kier alpha value is -3.30. The quantitative estimate of drug-likeness (QED) is 0.265. The molecule has 2 bridgehead atoms. The Kier molecular flexibility index (Phi) is 11.2. The third-order valence-corrected chi connectivity index (χ3v) is 7.95. The van der Waals surface area contributed by atoms with E-state index in [2.05, 4.69) is 16.0 Å². The van der Waals surface area contributed by atoms with Crippen LogP contribution in [0.15, 0.2) is 30.3 Å². The summed E-state index contributed by atoms with van der Waals surface area (Å²) >= 11 is 0. The van der Waals surface area contributed by atoms with E-state index in [0.29, 0.717) is 32.2 Å². The maximum absolute atomic E-state index is 13.4. The lowest BCUT2D eigenvalue weighted by Gasteiger charge is -2.48. The number of carbonyl (C=O) groups excluding carboxylic acids is 4. The van der Waals surface area contributed by atoms with E-state index < -0.39 is 41.7 Å². The number of primary amides is 1. The summed E-state index contributed by atoms with van der Waals surface area (Å²) in [4.78, 5) is 50.1. The lowest BCUT2D eigenvalue weighted by atomic mass is 9.58. The highest BCUT2D eigenvalue weighted by molar-refractivity contribution is 5.90. The molecule has 0 radical (unpaired) electrons. The number of carbonyl (C=O) groups is 4. The smallest absolute Gasteiger partial charge is 0.408 e. The highest BCUT2D eigenvalue weighted by atomic mass is 16.6. The van der Waals surface area contributed by atoms with Gasteiger partial charge in [-0.3, -0.25) is 9.59 Å². The first-order valence-corrected chi connectivity index (χ1v) is 14.5. The van der Waals surface area contributed by atoms with Gasteiger partial charge >= 0.3 is 12.2 Å². The maximum Gasteiger partial charge on any atom is 0.408 e. The van der Waals surface area contributed by atoms with E-state index >= 15 is 0 Å². The summed E-state index contributed by atoms with van der Waals surface area (Å²) in [7, 11) is 0. The van der Waals surface area contributed by atoms with Crippen LogP contribution in [0.4, 0.5) is 9.59 Å². The van der Waals surface area contributed by atoms with Gasteiger partial charge in [-0.1, -0.05) is 30.3 Å². The lowest BCUT2D eigenvalue weighted by molar-refractivity contribution is -0.129. The molecule has 0 aromatic heterocycles. The molecule has 10 nitrogen and oxygen atoms in total. The molecule has 4 rings (SSSR count). The molecule has 4 amide bonds. The Bertz CT molecular complexity index is 987. The molecule has 10 heteroatoms. The van der Waals surface area contributed by atoms with Crippen molar-refractivity contribution in [2.45, 2.75) is 109 Å². The fourth-order valence-corrected chi connectivity index (χ4v) is 5.73. The molecule has 5 N–H and O–H groups in total. The van der Waals surface area contributed by atoms with Crippen molar-refractivity contribution < 1.29 is 28.7 Å². The van der Waals surface area contributed by atoms with Crippen LogP contribution in [0.25, 0.3) is 0 Å². The highest BCUT2D eigenvalue weighted by Gasteiger charge is 2.43. The fourth-order valence-electron chi connectivity index (χ4n) is 5.73. The molecule has 0 unspecified atom stereocenters. The van der Waals surface area contributed by atoms with Gasteiger partial charge in [-0.2, -0.15) is 0 Å². The Morgan fingerprint density at radius 3 is 2.20 bits per heavy atom. The average molecular weight is 559 g/mol. The summed E-state index contributed by atoms with van der Waals surface area (Å²) in [5.41, 5.74) is 5.82. The van der Waals surface area contributed by atoms with Gasteiger partial charge in [-0.15, -0.1) is 0 Å². The monoisotopic (exact) mass is 558 g/mol. The average Bonchev–Trinajstić information content (AvgIpc) is 2.91. The zero-order valence-electron chi connectivity index (χ0n) is 24.1. The summed E-state index contributed by atoms with van der Waals surface area (Å²) in [5, 5.41) is 8.23. The summed E-state index contributed by atoms with van der Waals surface area (Å²) in [6.45, 7) is 5.85. The largest absolute Gasteiger partial charge is 0.445 e. The van der Waals surface area contributed by atoms with Crippen LogP contribution in [-0.2, 0) is 25.7 Å². The van der Waals surface area contributed by atoms with Gasteiger partial charge in [0.05, 0.1) is 0 Å². The number of alkyl carbamates (subject to hydrolysis) is 2. The van der Waals surface area contributed by atoms with Gasteiger partial charge in [-0.05, 0) is 102 Å². The molecule has 3 aliphatic rings. The van der Waals surface area contributed by atoms with Crippen molar-refractivity contribution in [2.24, 2.45) is 17.1 Å². The first kappa shape index (κ1) is 31.2. The van der Waals surface area contributed by atoms with Gasteiger partial charge in [0.25, 0.3) is 0 Å². The molecular formula is C30H46N4O6. The Morgan fingerprint density at radius 1 is 0.950 bits per heavy atom. The van der Waals surface area contributed by atoms with E-state index in [1.54, 1.807) is 20.8 Å². The van der Waals surface area contributed by atoms with Crippen LogP contribution in [-0.4, -0.2) is 48.2 Å². The molecule has 0 aliphatic heterocycles. The van der Waals surface area contributed by atoms with Crippen molar-refractivity contribution in [1.29, 1.82) is 0 Å². The van der Waals surface area contributed by atoms with Gasteiger partial charge in [0.2, 0.25) is 11.8 Å². The van der Waals surface area contributed by atoms with E-state index in [4.69, 9.17) is 15.2 Å². The highest BCUT2D eigenvalue weighted by Crippen LogP contribution is 2.52. The molecule has 3 aliphatic carbocycles. The maximum atomic E-state index is 13.4. The number of nitrogens with one attached hydrogen (secondary N) is 3. The third-order valence-electron chi connectivity index (χ3n) is 7.95. The Balaban J connectivity index is 1.48. The molecule has 0 spiro atoms. The molecule has 0 saturated heterocycles. The van der Waals surface area contributed by atoms with Crippen molar-refractivity contribution >= 4 is 24.0 Å². The topological polar surface area (TPSA) is 149 Å². The number of nitrogens with two attached hydrogens (primary N) is 1. The van der Waals surface area contributed by atoms with Crippen LogP contribution in [0.1, 0.15) is 90.5 Å². The predicted molar refractivity (Wildman–Crippen MR) is 151 cm³/mol. The van der Waals surface area contributed by atoms with Crippen LogP contribution < -0.4 is 21.7 Å². The second kappa shape index (κ2) is 14.4. The second-order valence-electron chi connectivity index (χ2n) is 12.3. The first-order chi connectivity index (χ1) is 18.9. The minimum Gasteiger partial charge on any atom is -0.445 e. The number of benzene rings is 1. The minimum absolute atomic E-state index is 0.00871. The minimum atomic E-state index is -0.889. The summed E-state index contributed by atoms with van der Waals surface area (Å²) in [5.74, 6) is -0.303. The lowest BCUT2D eigenvalue weighted by Crippen LogP contribution is -2.55. The SMILES string of the molecule is CC(C)(C)OC(=O)N[C@@H](CC12CCC(CC1)CC2)C(=O)N[C@@H](CCCCNC(=O)OCc1ccccc1)C(N)=O. The van der Waals surface area contributed by atoms with Crippen LogP contribution in [0.3, 0.4) is 0 Å². The predicted octanol–water partition coefficient (Wildman–Crippen LogP) is 4.31. The normalized spacial score (nSPS) is 21.5. The van der Waals surface area contributed by atoms with Crippen molar-refractivity contribution in [3.8, 4) is 0 Å². The van der Waals surface area contributed by atoms with Crippen LogP contribution in [0, 0.1) is 11.3 Å². The number of rotatable bonds is 13. The summed E-state index contributed by atoms with van der Waals surface area (Å²) < 4.78 is 10.6. The number of hydrogen-bond acceptors (Lipinski definition) is 6. The van der Waals surface area contributed by atoms with Crippen molar-refractivity contribution in [2.75, 3.05) is 6.54 Å². The molecular weight excluding hydrogens is 512 g/mol. The molecule has 1 aromatic rings. The molecule has 222 valence electrons. The zero-order valence-corrected chi connectivity index (χ0v) is 24.1. The zero-order chi connectivity index (χ0) is 29.2. The number of unbranched alkanes of at least 4 members (excludes halogenated alkanes) is 1. The summed E-state index contributed by atoms with van der Waals surface area (Å²) in [6, 6.07) is 7.67. The number of hydrogen-bond donors (Lipinski definition) is 4.